The number of aryl methyl sites for hydroxylation is 2. The number of carbonyl (C=O) groups excluding carboxylic acids is 1. The van der Waals surface area contributed by atoms with E-state index in [0.717, 1.165) is 16.7 Å². The van der Waals surface area contributed by atoms with Gasteiger partial charge in [-0.25, -0.2) is 4.39 Å². The van der Waals surface area contributed by atoms with E-state index >= 15 is 0 Å². The minimum Gasteiger partial charge on any atom is -0.288 e. The van der Waals surface area contributed by atoms with Gasteiger partial charge in [-0.15, -0.1) is 0 Å². The van der Waals surface area contributed by atoms with E-state index < -0.39 is 0 Å². The van der Waals surface area contributed by atoms with Gasteiger partial charge < -0.3 is 0 Å². The molecular weight excluding hydrogens is 223 g/mol. The van der Waals surface area contributed by atoms with Crippen LogP contribution < -0.4 is 0 Å². The molecule has 0 saturated carbocycles. The molecule has 0 aliphatic heterocycles. The van der Waals surface area contributed by atoms with Gasteiger partial charge in [-0.05, 0) is 37.1 Å². The van der Waals surface area contributed by atoms with E-state index in [4.69, 9.17) is 0 Å². The van der Waals surface area contributed by atoms with Crippen LogP contribution in [0.3, 0.4) is 0 Å². The van der Waals surface area contributed by atoms with E-state index in [2.05, 4.69) is 11.8 Å². The second-order valence-corrected chi connectivity index (χ2v) is 4.65. The topological polar surface area (TPSA) is 17.1 Å². The lowest BCUT2D eigenvalue weighted by Gasteiger charge is -2.02. The second-order valence-electron chi connectivity index (χ2n) is 3.50. The average molecular weight is 236 g/mol. The fourth-order valence-electron chi connectivity index (χ4n) is 1.37. The summed E-state index contributed by atoms with van der Waals surface area (Å²) in [5.74, 6) is 6.12. The van der Waals surface area contributed by atoms with Crippen LogP contribution in [0.1, 0.15) is 23.6 Å². The van der Waals surface area contributed by atoms with Crippen molar-refractivity contribution in [3.63, 3.8) is 0 Å². The van der Waals surface area contributed by atoms with Gasteiger partial charge >= 0.3 is 0 Å². The lowest BCUT2D eigenvalue weighted by atomic mass is 10.0. The van der Waals surface area contributed by atoms with E-state index in [-0.39, 0.29) is 10.9 Å². The van der Waals surface area contributed by atoms with Gasteiger partial charge in [0.25, 0.3) is 0 Å². The molecule has 1 aromatic carbocycles. The Morgan fingerprint density at radius 2 is 1.94 bits per heavy atom. The Kier molecular flexibility index (Phi) is 4.57. The molecule has 0 unspecified atom stereocenters. The van der Waals surface area contributed by atoms with Crippen molar-refractivity contribution in [2.45, 2.75) is 20.8 Å². The highest BCUT2D eigenvalue weighted by Crippen LogP contribution is 2.14. The van der Waals surface area contributed by atoms with Crippen LogP contribution in [0.15, 0.2) is 12.1 Å². The molecule has 0 atom stereocenters. The van der Waals surface area contributed by atoms with Crippen LogP contribution in [-0.4, -0.2) is 10.9 Å². The molecule has 0 saturated heterocycles. The highest BCUT2D eigenvalue weighted by Gasteiger charge is 2.01. The van der Waals surface area contributed by atoms with Gasteiger partial charge in [0.2, 0.25) is 0 Å². The summed E-state index contributed by atoms with van der Waals surface area (Å²) in [6, 6.07) is 2.93. The highest BCUT2D eigenvalue weighted by molar-refractivity contribution is 8.13. The van der Waals surface area contributed by atoms with E-state index in [1.165, 1.54) is 30.8 Å². The third-order valence-corrected chi connectivity index (χ3v) is 2.75. The SMILES string of the molecule is CC(=O)SCC#Cc1c(C)cc(F)cc1C. The summed E-state index contributed by atoms with van der Waals surface area (Å²) in [6.07, 6.45) is 0. The molecule has 0 fully saturated rings. The van der Waals surface area contributed by atoms with Gasteiger partial charge in [-0.1, -0.05) is 23.6 Å². The Bertz CT molecular complexity index is 446. The molecule has 0 bridgehead atoms. The Morgan fingerprint density at radius 1 is 1.38 bits per heavy atom. The molecule has 0 aromatic heterocycles. The van der Waals surface area contributed by atoms with Gasteiger partial charge in [0.1, 0.15) is 5.82 Å². The van der Waals surface area contributed by atoms with Crippen LogP contribution >= 0.6 is 11.8 Å². The summed E-state index contributed by atoms with van der Waals surface area (Å²) < 4.78 is 13.0. The molecule has 3 heteroatoms. The minimum atomic E-state index is -0.237. The van der Waals surface area contributed by atoms with Crippen LogP contribution in [0, 0.1) is 31.5 Å². The number of rotatable bonds is 1. The van der Waals surface area contributed by atoms with Gasteiger partial charge in [0.15, 0.2) is 5.12 Å². The summed E-state index contributed by atoms with van der Waals surface area (Å²) in [4.78, 5) is 10.7. The molecule has 0 spiro atoms. The van der Waals surface area contributed by atoms with Gasteiger partial charge in [-0.3, -0.25) is 4.79 Å². The summed E-state index contributed by atoms with van der Waals surface area (Å²) >= 11 is 1.18. The molecule has 1 rings (SSSR count). The molecule has 0 N–H and O–H groups in total. The number of hydrogen-bond acceptors (Lipinski definition) is 2. The van der Waals surface area contributed by atoms with Crippen molar-refractivity contribution in [3.8, 4) is 11.8 Å². The number of thioether (sulfide) groups is 1. The first-order chi connectivity index (χ1) is 7.50. The zero-order valence-electron chi connectivity index (χ0n) is 9.56. The van der Waals surface area contributed by atoms with Crippen LogP contribution in [0.2, 0.25) is 0 Å². The average Bonchev–Trinajstić information content (AvgIpc) is 2.14. The highest BCUT2D eigenvalue weighted by atomic mass is 32.2. The van der Waals surface area contributed by atoms with E-state index in [1.54, 1.807) is 0 Å². The molecule has 84 valence electrons. The van der Waals surface area contributed by atoms with Crippen molar-refractivity contribution in [3.05, 3.63) is 34.6 Å². The molecular formula is C13H13FOS. The standard InChI is InChI=1S/C13H13FOS/c1-9-7-12(14)8-10(2)13(9)5-4-6-16-11(3)15/h7-8H,6H2,1-3H3. The quantitative estimate of drug-likeness (QED) is 0.697. The van der Waals surface area contributed by atoms with E-state index in [0.29, 0.717) is 5.75 Å². The third-order valence-electron chi connectivity index (χ3n) is 2.06. The maximum absolute atomic E-state index is 13.0. The molecule has 0 amide bonds. The number of benzene rings is 1. The number of carbonyl (C=O) groups is 1. The van der Waals surface area contributed by atoms with Gasteiger partial charge in [0, 0.05) is 12.5 Å². The van der Waals surface area contributed by atoms with Crippen LogP contribution in [0.5, 0.6) is 0 Å². The molecule has 0 heterocycles. The summed E-state index contributed by atoms with van der Waals surface area (Å²) in [6.45, 7) is 5.18. The van der Waals surface area contributed by atoms with Gasteiger partial charge in [-0.2, -0.15) is 0 Å². The lowest BCUT2D eigenvalue weighted by Crippen LogP contribution is -1.90. The second kappa shape index (κ2) is 5.72. The molecule has 0 aliphatic carbocycles. The summed E-state index contributed by atoms with van der Waals surface area (Å²) in [5, 5.41) is 0.0573. The van der Waals surface area contributed by atoms with E-state index in [1.807, 2.05) is 13.8 Å². The largest absolute Gasteiger partial charge is 0.288 e. The first-order valence-electron chi connectivity index (χ1n) is 4.89. The van der Waals surface area contributed by atoms with Crippen molar-refractivity contribution in [2.24, 2.45) is 0 Å². The Hall–Kier alpha value is -1.27. The monoisotopic (exact) mass is 236 g/mol. The van der Waals surface area contributed by atoms with Gasteiger partial charge in [0.05, 0.1) is 5.75 Å². The van der Waals surface area contributed by atoms with E-state index in [9.17, 15) is 9.18 Å². The molecule has 1 nitrogen and oxygen atoms in total. The normalized spacial score (nSPS) is 9.50. The molecule has 16 heavy (non-hydrogen) atoms. The maximum atomic E-state index is 13.0. The Labute approximate surface area is 99.4 Å². The van der Waals surface area contributed by atoms with Crippen molar-refractivity contribution < 1.29 is 9.18 Å². The fourth-order valence-corrected chi connectivity index (χ4v) is 1.72. The number of hydrogen-bond donors (Lipinski definition) is 0. The predicted molar refractivity (Wildman–Crippen MR) is 65.9 cm³/mol. The van der Waals surface area contributed by atoms with Crippen molar-refractivity contribution >= 4 is 16.9 Å². The lowest BCUT2D eigenvalue weighted by molar-refractivity contribution is -0.109. The Balaban J connectivity index is 2.84. The van der Waals surface area contributed by atoms with Crippen LogP contribution in [-0.2, 0) is 4.79 Å². The minimum absolute atomic E-state index is 0.0573. The smallest absolute Gasteiger partial charge is 0.186 e. The Morgan fingerprint density at radius 3 is 2.44 bits per heavy atom. The first kappa shape index (κ1) is 12.8. The van der Waals surface area contributed by atoms with Crippen LogP contribution in [0.4, 0.5) is 4.39 Å². The zero-order chi connectivity index (χ0) is 12.1. The molecule has 1 aromatic rings. The summed E-state index contributed by atoms with van der Waals surface area (Å²) in [7, 11) is 0. The summed E-state index contributed by atoms with van der Waals surface area (Å²) in [5.41, 5.74) is 2.52. The van der Waals surface area contributed by atoms with Crippen LogP contribution in [0.25, 0.3) is 0 Å². The first-order valence-corrected chi connectivity index (χ1v) is 5.88. The molecule has 0 radical (unpaired) electrons. The van der Waals surface area contributed by atoms with Crippen molar-refractivity contribution in [1.82, 2.24) is 0 Å². The number of halogens is 1. The zero-order valence-corrected chi connectivity index (χ0v) is 10.4. The molecule has 0 aliphatic rings. The fraction of sp³-hybridized carbons (Fsp3) is 0.308. The van der Waals surface area contributed by atoms with Crippen molar-refractivity contribution in [1.29, 1.82) is 0 Å². The third kappa shape index (κ3) is 3.71. The maximum Gasteiger partial charge on any atom is 0.186 e. The van der Waals surface area contributed by atoms with Crippen molar-refractivity contribution in [2.75, 3.05) is 5.75 Å². The predicted octanol–water partition coefficient (Wildman–Crippen LogP) is 3.07.